The fourth-order valence-corrected chi connectivity index (χ4v) is 6.97. The van der Waals surface area contributed by atoms with Gasteiger partial charge in [-0.25, -0.2) is 21.1 Å². The minimum Gasteiger partial charge on any atom is -0.269 e. The van der Waals surface area contributed by atoms with Crippen molar-refractivity contribution in [3.05, 3.63) is 36.5 Å². The Morgan fingerprint density at radius 1 is 1.19 bits per heavy atom. The van der Waals surface area contributed by atoms with Crippen LogP contribution in [0.3, 0.4) is 0 Å². The fourth-order valence-electron chi connectivity index (χ4n) is 2.95. The summed E-state index contributed by atoms with van der Waals surface area (Å²) in [7, 11) is -8.05. The standard InChI is InChI=1S/C15H13Cl3N2O5S2/c16-15(17,18)14(21)20(11-6-8-26(22,23)9-11)27(24,25)12-5-1-3-10-4-2-7-19-13(10)12/h1-5,7,11H,6,8-9H2/t11-/m0/s1. The highest BCUT2D eigenvalue weighted by molar-refractivity contribution is 7.92. The van der Waals surface area contributed by atoms with Crippen LogP contribution in [0, 0.1) is 0 Å². The first-order valence-electron chi connectivity index (χ1n) is 7.63. The van der Waals surface area contributed by atoms with E-state index in [0.29, 0.717) is 9.69 Å². The largest absolute Gasteiger partial charge is 0.288 e. The van der Waals surface area contributed by atoms with Gasteiger partial charge in [-0.3, -0.25) is 9.78 Å². The van der Waals surface area contributed by atoms with E-state index in [4.69, 9.17) is 34.8 Å². The van der Waals surface area contributed by atoms with Gasteiger partial charge in [0.15, 0.2) is 9.84 Å². The predicted molar refractivity (Wildman–Crippen MR) is 103 cm³/mol. The van der Waals surface area contributed by atoms with Crippen LogP contribution in [-0.4, -0.2) is 53.4 Å². The molecule has 1 aliphatic rings. The Labute approximate surface area is 171 Å². The summed E-state index contributed by atoms with van der Waals surface area (Å²) >= 11 is 16.9. The molecule has 0 unspecified atom stereocenters. The molecule has 0 radical (unpaired) electrons. The zero-order chi connectivity index (χ0) is 20.0. The van der Waals surface area contributed by atoms with E-state index in [0.717, 1.165) is 0 Å². The van der Waals surface area contributed by atoms with Crippen molar-refractivity contribution in [3.63, 3.8) is 0 Å². The van der Waals surface area contributed by atoms with Gasteiger partial charge < -0.3 is 0 Å². The second kappa shape index (κ2) is 7.04. The summed E-state index contributed by atoms with van der Waals surface area (Å²) in [5, 5.41) is 0.527. The number of para-hydroxylation sites is 1. The summed E-state index contributed by atoms with van der Waals surface area (Å²) in [4.78, 5) is 16.5. The number of carbonyl (C=O) groups is 1. The van der Waals surface area contributed by atoms with Gasteiger partial charge in [-0.15, -0.1) is 0 Å². The topological polar surface area (TPSA) is 101 Å². The first kappa shape index (κ1) is 20.6. The van der Waals surface area contributed by atoms with Crippen LogP contribution in [0.5, 0.6) is 0 Å². The van der Waals surface area contributed by atoms with Gasteiger partial charge in [0.25, 0.3) is 19.7 Å². The van der Waals surface area contributed by atoms with E-state index >= 15 is 0 Å². The van der Waals surface area contributed by atoms with Crippen LogP contribution >= 0.6 is 34.8 Å². The number of fused-ring (bicyclic) bond motifs is 1. The molecule has 1 aromatic carbocycles. The number of pyridine rings is 1. The Balaban J connectivity index is 2.20. The second-order valence-corrected chi connectivity index (χ2v) is 12.3. The molecule has 0 saturated carbocycles. The third-order valence-electron chi connectivity index (χ3n) is 4.12. The maximum atomic E-state index is 13.3. The molecule has 1 fully saturated rings. The molecule has 2 aromatic rings. The van der Waals surface area contributed by atoms with Crippen molar-refractivity contribution in [2.24, 2.45) is 0 Å². The van der Waals surface area contributed by atoms with Crippen LogP contribution in [0.1, 0.15) is 6.42 Å². The number of alkyl halides is 3. The number of sulfone groups is 1. The number of benzene rings is 1. The van der Waals surface area contributed by atoms with Gasteiger partial charge in [-0.2, -0.15) is 0 Å². The molecule has 1 atom stereocenters. The van der Waals surface area contributed by atoms with E-state index in [-0.39, 0.29) is 22.6 Å². The molecule has 0 N–H and O–H groups in total. The molecule has 0 aliphatic carbocycles. The maximum absolute atomic E-state index is 13.3. The minimum atomic E-state index is -4.54. The van der Waals surface area contributed by atoms with E-state index < -0.39 is 41.4 Å². The number of aromatic nitrogens is 1. The average molecular weight is 472 g/mol. The summed E-state index contributed by atoms with van der Waals surface area (Å²) in [6.07, 6.45) is 1.33. The highest BCUT2D eigenvalue weighted by Gasteiger charge is 2.48. The lowest BCUT2D eigenvalue weighted by molar-refractivity contribution is -0.126. The quantitative estimate of drug-likeness (QED) is 0.637. The predicted octanol–water partition coefficient (Wildman–Crippen LogP) is 2.31. The van der Waals surface area contributed by atoms with Gasteiger partial charge in [0, 0.05) is 11.6 Å². The number of amides is 1. The minimum absolute atomic E-state index is 0.0771. The third kappa shape index (κ3) is 4.02. The lowest BCUT2D eigenvalue weighted by Crippen LogP contribution is -2.49. The van der Waals surface area contributed by atoms with Gasteiger partial charge >= 0.3 is 0 Å². The molecule has 27 heavy (non-hydrogen) atoms. The van der Waals surface area contributed by atoms with Crippen LogP contribution in [0.2, 0.25) is 0 Å². The number of halogens is 3. The SMILES string of the molecule is O=C(N([C@H]1CCS(=O)(=O)C1)S(=O)(=O)c1cccc2cccnc12)C(Cl)(Cl)Cl. The van der Waals surface area contributed by atoms with E-state index in [9.17, 15) is 21.6 Å². The average Bonchev–Trinajstić information content (AvgIpc) is 2.92. The van der Waals surface area contributed by atoms with Gasteiger partial charge in [0.1, 0.15) is 4.90 Å². The first-order chi connectivity index (χ1) is 12.4. The van der Waals surface area contributed by atoms with Crippen molar-refractivity contribution >= 4 is 71.5 Å². The summed E-state index contributed by atoms with van der Waals surface area (Å²) in [6, 6.07) is 6.53. The third-order valence-corrected chi connectivity index (χ3v) is 8.22. The molecule has 1 amide bonds. The van der Waals surface area contributed by atoms with Crippen molar-refractivity contribution in [3.8, 4) is 0 Å². The van der Waals surface area contributed by atoms with Gasteiger partial charge in [0.2, 0.25) is 0 Å². The number of hydrogen-bond donors (Lipinski definition) is 0. The first-order valence-corrected chi connectivity index (χ1v) is 12.0. The molecule has 12 heteroatoms. The Kier molecular flexibility index (Phi) is 5.37. The lowest BCUT2D eigenvalue weighted by atomic mass is 10.2. The molecular weight excluding hydrogens is 459 g/mol. The fraction of sp³-hybridized carbons (Fsp3) is 0.333. The molecular formula is C15H13Cl3N2O5S2. The molecule has 7 nitrogen and oxygen atoms in total. The zero-order valence-corrected chi connectivity index (χ0v) is 17.4. The smallest absolute Gasteiger partial charge is 0.269 e. The summed E-state index contributed by atoms with van der Waals surface area (Å²) in [6.45, 7) is 0. The molecule has 2 heterocycles. The van der Waals surface area contributed by atoms with Crippen LogP contribution < -0.4 is 0 Å². The van der Waals surface area contributed by atoms with Crippen LogP contribution in [-0.2, 0) is 24.7 Å². The monoisotopic (exact) mass is 470 g/mol. The van der Waals surface area contributed by atoms with Crippen molar-refractivity contribution < 1.29 is 21.6 Å². The van der Waals surface area contributed by atoms with E-state index in [1.54, 1.807) is 18.2 Å². The van der Waals surface area contributed by atoms with E-state index in [1.807, 2.05) is 0 Å². The Morgan fingerprint density at radius 2 is 1.85 bits per heavy atom. The molecule has 1 saturated heterocycles. The number of hydrogen-bond acceptors (Lipinski definition) is 6. The molecule has 146 valence electrons. The van der Waals surface area contributed by atoms with Crippen molar-refractivity contribution in [2.45, 2.75) is 21.2 Å². The maximum Gasteiger partial charge on any atom is 0.288 e. The second-order valence-electron chi connectivity index (χ2n) is 5.99. The Bertz CT molecular complexity index is 1110. The van der Waals surface area contributed by atoms with Crippen molar-refractivity contribution in [1.29, 1.82) is 0 Å². The molecule has 0 bridgehead atoms. The molecule has 1 aliphatic heterocycles. The lowest BCUT2D eigenvalue weighted by Gasteiger charge is -2.30. The molecule has 1 aromatic heterocycles. The van der Waals surface area contributed by atoms with Crippen molar-refractivity contribution in [2.75, 3.05) is 11.5 Å². The summed E-state index contributed by atoms with van der Waals surface area (Å²) < 4.78 is 48.2. The molecule has 0 spiro atoms. The van der Waals surface area contributed by atoms with Crippen LogP contribution in [0.25, 0.3) is 10.9 Å². The van der Waals surface area contributed by atoms with Gasteiger partial charge in [-0.05, 0) is 18.6 Å². The number of sulfonamides is 1. The highest BCUT2D eigenvalue weighted by Crippen LogP contribution is 2.35. The Morgan fingerprint density at radius 3 is 2.44 bits per heavy atom. The normalized spacial score (nSPS) is 19.9. The van der Waals surface area contributed by atoms with Gasteiger partial charge in [0.05, 0.1) is 23.1 Å². The number of carbonyl (C=O) groups excluding carboxylic acids is 1. The van der Waals surface area contributed by atoms with Crippen molar-refractivity contribution in [1.82, 2.24) is 9.29 Å². The summed E-state index contributed by atoms with van der Waals surface area (Å²) in [5.41, 5.74) is 0.128. The van der Waals surface area contributed by atoms with Gasteiger partial charge in [-0.1, -0.05) is 53.0 Å². The zero-order valence-electron chi connectivity index (χ0n) is 13.5. The summed E-state index contributed by atoms with van der Waals surface area (Å²) in [5.74, 6) is -2.12. The Hall–Kier alpha value is -1.13. The van der Waals surface area contributed by atoms with Crippen LogP contribution in [0.4, 0.5) is 0 Å². The van der Waals surface area contributed by atoms with Crippen LogP contribution in [0.15, 0.2) is 41.4 Å². The van der Waals surface area contributed by atoms with E-state index in [1.165, 1.54) is 18.3 Å². The number of rotatable bonds is 3. The highest BCUT2D eigenvalue weighted by atomic mass is 35.6. The molecule has 3 rings (SSSR count). The number of nitrogens with zero attached hydrogens (tertiary/aromatic N) is 2. The van der Waals surface area contributed by atoms with E-state index in [2.05, 4.69) is 4.98 Å².